The number of thiophene rings is 1. The molecule has 9 nitrogen and oxygen atoms in total. The van der Waals surface area contributed by atoms with Gasteiger partial charge >= 0.3 is 0 Å². The number of amides is 3. The SMILES string of the molecule is CN(C)c1ccc(C(C(=O)NC2CCCCC2)N(Cc2cccs2)C(=O)c2snc(C(N)=O)c2N)cc1. The summed E-state index contributed by atoms with van der Waals surface area (Å²) in [5, 5.41) is 5.13. The number of hydrogen-bond acceptors (Lipinski definition) is 8. The third kappa shape index (κ3) is 6.11. The predicted molar refractivity (Wildman–Crippen MR) is 148 cm³/mol. The molecule has 1 unspecified atom stereocenters. The third-order valence-electron chi connectivity index (χ3n) is 6.56. The van der Waals surface area contributed by atoms with E-state index in [1.165, 1.54) is 16.2 Å². The molecule has 11 heteroatoms. The van der Waals surface area contributed by atoms with Gasteiger partial charge in [0.05, 0.1) is 12.2 Å². The van der Waals surface area contributed by atoms with Crippen LogP contribution in [0, 0.1) is 0 Å². The first-order chi connectivity index (χ1) is 17.8. The fraction of sp³-hybridized carbons (Fsp3) is 0.385. The summed E-state index contributed by atoms with van der Waals surface area (Å²) in [6.45, 7) is 0.192. The van der Waals surface area contributed by atoms with Crippen LogP contribution >= 0.6 is 22.9 Å². The van der Waals surface area contributed by atoms with E-state index < -0.39 is 17.9 Å². The molecule has 3 aromatic rings. The Balaban J connectivity index is 1.77. The number of carbonyl (C=O) groups excluding carboxylic acids is 3. The van der Waals surface area contributed by atoms with Crippen molar-refractivity contribution in [2.45, 2.75) is 50.7 Å². The van der Waals surface area contributed by atoms with Gasteiger partial charge in [0.2, 0.25) is 5.91 Å². The predicted octanol–water partition coefficient (Wildman–Crippen LogP) is 3.78. The Kier molecular flexibility index (Phi) is 8.45. The Morgan fingerprint density at radius 3 is 2.38 bits per heavy atom. The molecule has 0 aliphatic heterocycles. The number of nitrogens with two attached hydrogens (primary N) is 2. The molecule has 1 fully saturated rings. The van der Waals surface area contributed by atoms with Crippen LogP contribution in [0.2, 0.25) is 0 Å². The van der Waals surface area contributed by atoms with E-state index in [0.717, 1.165) is 54.2 Å². The highest BCUT2D eigenvalue weighted by Gasteiger charge is 2.36. The number of benzene rings is 1. The first kappa shape index (κ1) is 26.6. The molecule has 0 spiro atoms. The average Bonchev–Trinajstić information content (AvgIpc) is 3.53. The summed E-state index contributed by atoms with van der Waals surface area (Å²) in [7, 11) is 3.88. The van der Waals surface area contributed by atoms with E-state index in [9.17, 15) is 14.4 Å². The van der Waals surface area contributed by atoms with Crippen LogP contribution in [0.4, 0.5) is 11.4 Å². The number of hydrogen-bond donors (Lipinski definition) is 3. The first-order valence-corrected chi connectivity index (χ1v) is 13.9. The Morgan fingerprint density at radius 2 is 1.81 bits per heavy atom. The van der Waals surface area contributed by atoms with E-state index in [0.29, 0.717) is 5.56 Å². The minimum Gasteiger partial charge on any atom is -0.395 e. The van der Waals surface area contributed by atoms with Gasteiger partial charge in [-0.15, -0.1) is 11.3 Å². The summed E-state index contributed by atoms with van der Waals surface area (Å²) in [5.74, 6) is -1.52. The lowest BCUT2D eigenvalue weighted by Crippen LogP contribution is -2.46. The molecular weight excluding hydrogens is 508 g/mol. The van der Waals surface area contributed by atoms with E-state index in [2.05, 4.69) is 9.69 Å². The van der Waals surface area contributed by atoms with Crippen molar-refractivity contribution >= 4 is 52.0 Å². The molecule has 196 valence electrons. The van der Waals surface area contributed by atoms with Crippen LogP contribution in [0.5, 0.6) is 0 Å². The molecule has 2 heterocycles. The molecule has 0 radical (unpaired) electrons. The van der Waals surface area contributed by atoms with Crippen LogP contribution in [-0.2, 0) is 11.3 Å². The molecule has 3 amide bonds. The van der Waals surface area contributed by atoms with Crippen molar-refractivity contribution in [3.05, 3.63) is 62.8 Å². The fourth-order valence-corrected chi connectivity index (χ4v) is 6.03. The van der Waals surface area contributed by atoms with Crippen LogP contribution < -0.4 is 21.7 Å². The van der Waals surface area contributed by atoms with Gasteiger partial charge in [-0.25, -0.2) is 0 Å². The minimum atomic E-state index is -0.911. The van der Waals surface area contributed by atoms with Crippen molar-refractivity contribution < 1.29 is 14.4 Å². The van der Waals surface area contributed by atoms with Crippen LogP contribution in [0.25, 0.3) is 0 Å². The summed E-state index contributed by atoms with van der Waals surface area (Å²) < 4.78 is 4.01. The zero-order valence-corrected chi connectivity index (χ0v) is 22.6. The largest absolute Gasteiger partial charge is 0.395 e. The molecule has 1 saturated carbocycles. The Bertz CT molecular complexity index is 1230. The molecule has 2 aromatic heterocycles. The van der Waals surface area contributed by atoms with Gasteiger partial charge in [-0.3, -0.25) is 14.4 Å². The van der Waals surface area contributed by atoms with E-state index in [-0.39, 0.29) is 34.8 Å². The smallest absolute Gasteiger partial charge is 0.270 e. The maximum Gasteiger partial charge on any atom is 0.270 e. The van der Waals surface area contributed by atoms with Gasteiger partial charge in [-0.1, -0.05) is 37.5 Å². The van der Waals surface area contributed by atoms with E-state index >= 15 is 0 Å². The lowest BCUT2D eigenvalue weighted by atomic mass is 9.94. The zero-order valence-electron chi connectivity index (χ0n) is 21.0. The standard InChI is InChI=1S/C26H32N6O3S2/c1-31(2)18-12-10-16(11-13-18)22(25(34)29-17-7-4-3-5-8-17)32(15-19-9-6-14-36-19)26(35)23-20(27)21(24(28)33)30-37-23/h6,9-14,17,22H,3-5,7-8,15,27H2,1-2H3,(H2,28,33)(H,29,34). The fourth-order valence-electron chi connectivity index (χ4n) is 4.57. The van der Waals surface area contributed by atoms with Crippen molar-refractivity contribution in [2.75, 3.05) is 24.7 Å². The summed E-state index contributed by atoms with van der Waals surface area (Å²) in [4.78, 5) is 44.1. The van der Waals surface area contributed by atoms with Crippen LogP contribution in [0.15, 0.2) is 41.8 Å². The van der Waals surface area contributed by atoms with Crippen LogP contribution in [0.3, 0.4) is 0 Å². The number of aromatic nitrogens is 1. The number of nitrogens with one attached hydrogen (secondary N) is 1. The van der Waals surface area contributed by atoms with Gasteiger partial charge in [0.25, 0.3) is 11.8 Å². The van der Waals surface area contributed by atoms with Gasteiger partial charge in [0.1, 0.15) is 10.9 Å². The van der Waals surface area contributed by atoms with Gasteiger partial charge in [0.15, 0.2) is 5.69 Å². The third-order valence-corrected chi connectivity index (χ3v) is 8.27. The molecule has 37 heavy (non-hydrogen) atoms. The highest BCUT2D eigenvalue weighted by Crippen LogP contribution is 2.32. The minimum absolute atomic E-state index is 0.0620. The maximum absolute atomic E-state index is 14.0. The summed E-state index contributed by atoms with van der Waals surface area (Å²) in [6.07, 6.45) is 5.13. The maximum atomic E-state index is 14.0. The van der Waals surface area contributed by atoms with Crippen molar-refractivity contribution in [1.29, 1.82) is 0 Å². The number of carbonyl (C=O) groups is 3. The van der Waals surface area contributed by atoms with E-state index in [1.807, 2.05) is 60.8 Å². The summed E-state index contributed by atoms with van der Waals surface area (Å²) in [6, 6.07) is 10.6. The topological polar surface area (TPSA) is 135 Å². The number of rotatable bonds is 9. The van der Waals surface area contributed by atoms with Crippen molar-refractivity contribution in [3.8, 4) is 0 Å². The second kappa shape index (κ2) is 11.7. The van der Waals surface area contributed by atoms with Crippen molar-refractivity contribution in [1.82, 2.24) is 14.6 Å². The molecule has 1 atom stereocenters. The van der Waals surface area contributed by atoms with Crippen LogP contribution in [-0.4, -0.2) is 47.1 Å². The van der Waals surface area contributed by atoms with Gasteiger partial charge in [-0.2, -0.15) is 4.37 Å². The second-order valence-electron chi connectivity index (χ2n) is 9.38. The number of nitrogens with zero attached hydrogens (tertiary/aromatic N) is 3. The lowest BCUT2D eigenvalue weighted by Gasteiger charge is -2.33. The Morgan fingerprint density at radius 1 is 1.11 bits per heavy atom. The molecule has 1 aromatic carbocycles. The highest BCUT2D eigenvalue weighted by atomic mass is 32.1. The average molecular weight is 541 g/mol. The number of nitrogen functional groups attached to an aromatic ring is 1. The Hall–Kier alpha value is -3.44. The normalized spacial score (nSPS) is 14.6. The van der Waals surface area contributed by atoms with Crippen LogP contribution in [0.1, 0.15) is 68.7 Å². The molecule has 1 aliphatic carbocycles. The summed E-state index contributed by atoms with van der Waals surface area (Å²) >= 11 is 2.31. The monoisotopic (exact) mass is 540 g/mol. The van der Waals surface area contributed by atoms with Gasteiger partial charge in [0, 0.05) is 30.7 Å². The van der Waals surface area contributed by atoms with Crippen molar-refractivity contribution in [2.24, 2.45) is 5.73 Å². The number of anilines is 2. The Labute approximate surface area is 224 Å². The zero-order chi connectivity index (χ0) is 26.5. The number of primary amides is 1. The molecule has 5 N–H and O–H groups in total. The second-order valence-corrected chi connectivity index (χ2v) is 11.2. The van der Waals surface area contributed by atoms with E-state index in [4.69, 9.17) is 11.5 Å². The van der Waals surface area contributed by atoms with Gasteiger partial charge < -0.3 is 26.6 Å². The molecule has 0 saturated heterocycles. The van der Waals surface area contributed by atoms with Crippen molar-refractivity contribution in [3.63, 3.8) is 0 Å². The lowest BCUT2D eigenvalue weighted by molar-refractivity contribution is -0.127. The molecule has 4 rings (SSSR count). The first-order valence-electron chi connectivity index (χ1n) is 12.2. The molecule has 0 bridgehead atoms. The quantitative estimate of drug-likeness (QED) is 0.378. The molecule has 1 aliphatic rings. The summed E-state index contributed by atoms with van der Waals surface area (Å²) in [5.41, 5.74) is 13.0. The van der Waals surface area contributed by atoms with Gasteiger partial charge in [-0.05, 0) is 53.5 Å². The highest BCUT2D eigenvalue weighted by molar-refractivity contribution is 7.10. The molecular formula is C26H32N6O3S2. The van der Waals surface area contributed by atoms with E-state index in [1.54, 1.807) is 0 Å².